The highest BCUT2D eigenvalue weighted by Gasteiger charge is 2.71. The number of hydrogen-bond acceptors (Lipinski definition) is 13. The fourth-order valence-electron chi connectivity index (χ4n) is 10.3. The SMILES string of the molecule is C#CCC1(CC)CC(C)(OCC2OC(OCC34CC(OP(OCCC#N)N(C(C)C)C(C)C)(C3)C4)C(OC(=O)c3ccccc3)C(OC(=O)c3ccccc3)C2OC(=O)c2ccccc2)C1. The number of ether oxygens (including phenoxy) is 6. The zero-order chi connectivity index (χ0) is 47.1. The first-order valence-electron chi connectivity index (χ1n) is 23.1. The molecule has 0 spiro atoms. The van der Waals surface area contributed by atoms with E-state index in [1.54, 1.807) is 91.0 Å². The van der Waals surface area contributed by atoms with Crippen molar-refractivity contribution in [1.82, 2.24) is 4.67 Å². The van der Waals surface area contributed by atoms with Crippen LogP contribution in [0.4, 0.5) is 0 Å². The second-order valence-corrected chi connectivity index (χ2v) is 20.6. The largest absolute Gasteiger partial charge is 0.452 e. The summed E-state index contributed by atoms with van der Waals surface area (Å²) in [6, 6.07) is 27.8. The first-order valence-corrected chi connectivity index (χ1v) is 24.2. The Morgan fingerprint density at radius 1 is 0.788 bits per heavy atom. The van der Waals surface area contributed by atoms with Gasteiger partial charge in [0.1, 0.15) is 6.10 Å². The molecule has 66 heavy (non-hydrogen) atoms. The van der Waals surface area contributed by atoms with Gasteiger partial charge in [-0.05, 0) is 115 Å². The van der Waals surface area contributed by atoms with Crippen LogP contribution in [0.25, 0.3) is 0 Å². The van der Waals surface area contributed by atoms with Gasteiger partial charge in [-0.15, -0.1) is 12.3 Å². The molecule has 0 aromatic heterocycles. The molecule has 1 aliphatic heterocycles. The molecule has 13 nitrogen and oxygen atoms in total. The summed E-state index contributed by atoms with van der Waals surface area (Å²) in [6.07, 6.45) is 4.61. The fourth-order valence-corrected chi connectivity index (χ4v) is 12.1. The zero-order valence-electron chi connectivity index (χ0n) is 38.9. The summed E-state index contributed by atoms with van der Waals surface area (Å²) in [4.78, 5) is 42.2. The van der Waals surface area contributed by atoms with Gasteiger partial charge in [-0.1, -0.05) is 61.5 Å². The van der Waals surface area contributed by atoms with Crippen LogP contribution < -0.4 is 0 Å². The van der Waals surface area contributed by atoms with Gasteiger partial charge in [0.15, 0.2) is 24.6 Å². The number of nitriles is 1. The highest BCUT2D eigenvalue weighted by Crippen LogP contribution is 2.73. The van der Waals surface area contributed by atoms with Crippen molar-refractivity contribution in [1.29, 1.82) is 5.26 Å². The molecule has 0 N–H and O–H groups in total. The van der Waals surface area contributed by atoms with Crippen molar-refractivity contribution in [2.45, 2.75) is 147 Å². The average Bonchev–Trinajstić information content (AvgIpc) is 3.27. The van der Waals surface area contributed by atoms with Crippen molar-refractivity contribution in [2.24, 2.45) is 10.8 Å². The van der Waals surface area contributed by atoms with E-state index in [0.717, 1.165) is 19.3 Å². The molecule has 0 radical (unpaired) electrons. The Morgan fingerprint density at radius 3 is 1.76 bits per heavy atom. The maximum absolute atomic E-state index is 14.1. The Balaban J connectivity index is 1.19. The number of rotatable bonds is 22. The molecule has 8 rings (SSSR count). The van der Waals surface area contributed by atoms with Gasteiger partial charge in [0.25, 0.3) is 8.53 Å². The summed E-state index contributed by atoms with van der Waals surface area (Å²) in [7, 11) is -1.45. The summed E-state index contributed by atoms with van der Waals surface area (Å²) in [5.41, 5.74) is -0.550. The van der Waals surface area contributed by atoms with Gasteiger partial charge in [-0.2, -0.15) is 5.26 Å². The second kappa shape index (κ2) is 21.1. The van der Waals surface area contributed by atoms with Crippen molar-refractivity contribution in [3.05, 3.63) is 108 Å². The van der Waals surface area contributed by atoms with E-state index >= 15 is 0 Å². The van der Waals surface area contributed by atoms with E-state index in [1.165, 1.54) is 0 Å². The number of benzene rings is 3. The van der Waals surface area contributed by atoms with Crippen molar-refractivity contribution >= 4 is 26.4 Å². The average molecular weight is 923 g/mol. The van der Waals surface area contributed by atoms with Crippen LogP contribution in [0.15, 0.2) is 91.0 Å². The lowest BCUT2D eigenvalue weighted by atomic mass is 9.41. The molecular formula is C52H63N2O11P. The van der Waals surface area contributed by atoms with Crippen LogP contribution in [-0.4, -0.2) is 96.4 Å². The van der Waals surface area contributed by atoms with Gasteiger partial charge in [0.2, 0.25) is 0 Å². The molecule has 14 heteroatoms. The Hall–Kier alpha value is -4.69. The first-order chi connectivity index (χ1) is 31.6. The molecule has 352 valence electrons. The molecule has 1 saturated heterocycles. The molecule has 3 aromatic carbocycles. The predicted molar refractivity (Wildman–Crippen MR) is 247 cm³/mol. The Kier molecular flexibility index (Phi) is 15.7. The number of terminal acetylenes is 1. The van der Waals surface area contributed by atoms with Gasteiger partial charge in [0, 0.05) is 23.9 Å². The Morgan fingerprint density at radius 2 is 1.29 bits per heavy atom. The molecule has 3 aromatic rings. The molecule has 0 amide bonds. The Labute approximate surface area is 390 Å². The van der Waals surface area contributed by atoms with E-state index in [9.17, 15) is 19.6 Å². The third-order valence-electron chi connectivity index (χ3n) is 13.2. The van der Waals surface area contributed by atoms with Crippen molar-refractivity contribution in [3.8, 4) is 18.4 Å². The van der Waals surface area contributed by atoms with Crippen LogP contribution in [0.3, 0.4) is 0 Å². The van der Waals surface area contributed by atoms with Gasteiger partial charge < -0.3 is 37.5 Å². The smallest absolute Gasteiger partial charge is 0.338 e. The van der Waals surface area contributed by atoms with Gasteiger partial charge in [0.05, 0.1) is 60.2 Å². The molecule has 2 bridgehead atoms. The molecule has 6 atom stereocenters. The van der Waals surface area contributed by atoms with Crippen LogP contribution in [0.2, 0.25) is 0 Å². The summed E-state index contributed by atoms with van der Waals surface area (Å²) in [5.74, 6) is 0.699. The highest BCUT2D eigenvalue weighted by atomic mass is 31.2. The number of esters is 3. The maximum Gasteiger partial charge on any atom is 0.338 e. The van der Waals surface area contributed by atoms with Gasteiger partial charge in [-0.25, -0.2) is 19.1 Å². The minimum Gasteiger partial charge on any atom is -0.452 e. The minimum atomic E-state index is -1.45. The van der Waals surface area contributed by atoms with Crippen molar-refractivity contribution < 1.29 is 51.9 Å². The highest BCUT2D eigenvalue weighted by molar-refractivity contribution is 7.44. The normalized spacial score (nSPS) is 30.2. The summed E-state index contributed by atoms with van der Waals surface area (Å²) in [5, 5.41) is 9.22. The standard InChI is InChI=1S/C52H63N2O11P/c1-8-26-50(9-2)30-49(7,31-50)59-29-41-42(62-45(55)38-20-13-10-14-21-38)43(63-46(56)39-22-15-11-16-23-39)44(64-47(57)40-24-17-12-18-25-40)48(61-41)58-35-51-32-52(33-51,34-51)65-66(60-28-19-27-53)54(36(3)4)37(5)6/h1,10-18,20-25,36-37,41-44,48H,9,19,26,28-35H2,2-7H3. The van der Waals surface area contributed by atoms with Gasteiger partial charge >= 0.3 is 17.9 Å². The van der Waals surface area contributed by atoms with E-state index < -0.39 is 68.3 Å². The van der Waals surface area contributed by atoms with Crippen LogP contribution in [0.5, 0.6) is 0 Å². The molecule has 6 unspecified atom stereocenters. The Bertz CT molecular complexity index is 2180. The van der Waals surface area contributed by atoms with Crippen LogP contribution in [0.1, 0.15) is 124 Å². The molecule has 5 fully saturated rings. The van der Waals surface area contributed by atoms with Crippen LogP contribution in [0, 0.1) is 34.5 Å². The van der Waals surface area contributed by atoms with E-state index in [4.69, 9.17) is 43.9 Å². The molecule has 5 aliphatic rings. The zero-order valence-corrected chi connectivity index (χ0v) is 39.8. The van der Waals surface area contributed by atoms with E-state index in [2.05, 4.69) is 51.3 Å². The van der Waals surface area contributed by atoms with E-state index in [0.29, 0.717) is 25.7 Å². The number of carbonyl (C=O) groups is 3. The minimum absolute atomic E-state index is 0.0538. The molecule has 1 heterocycles. The monoisotopic (exact) mass is 922 g/mol. The predicted octanol–water partition coefficient (Wildman–Crippen LogP) is 9.61. The number of nitrogens with zero attached hydrogens (tertiary/aromatic N) is 2. The van der Waals surface area contributed by atoms with Crippen molar-refractivity contribution in [2.75, 3.05) is 19.8 Å². The van der Waals surface area contributed by atoms with E-state index in [-0.39, 0.29) is 65.8 Å². The second-order valence-electron chi connectivity index (χ2n) is 19.3. The lowest BCUT2D eigenvalue weighted by Crippen LogP contribution is -2.70. The molecular weight excluding hydrogens is 860 g/mol. The van der Waals surface area contributed by atoms with E-state index in [1.807, 2.05) is 6.92 Å². The summed E-state index contributed by atoms with van der Waals surface area (Å²) in [6.45, 7) is 13.0. The lowest BCUT2D eigenvalue weighted by molar-refractivity contribution is -0.334. The topological polar surface area (TPSA) is 152 Å². The molecule has 4 aliphatic carbocycles. The van der Waals surface area contributed by atoms with Crippen LogP contribution in [-0.2, 0) is 37.5 Å². The quantitative estimate of drug-likeness (QED) is 0.0310. The fraction of sp³-hybridized carbons (Fsp3) is 0.538. The summed E-state index contributed by atoms with van der Waals surface area (Å²) < 4.78 is 54.4. The summed E-state index contributed by atoms with van der Waals surface area (Å²) >= 11 is 0. The van der Waals surface area contributed by atoms with Crippen LogP contribution >= 0.6 is 8.53 Å². The lowest BCUT2D eigenvalue weighted by Gasteiger charge is -2.70. The molecule has 4 saturated carbocycles. The van der Waals surface area contributed by atoms with Gasteiger partial charge in [-0.3, -0.25) is 0 Å². The van der Waals surface area contributed by atoms with Crippen molar-refractivity contribution in [3.63, 3.8) is 0 Å². The first kappa shape index (κ1) is 49.2. The third-order valence-corrected chi connectivity index (χ3v) is 15.5. The third kappa shape index (κ3) is 11.2. The number of hydrogen-bond donors (Lipinski definition) is 0. The maximum atomic E-state index is 14.1. The number of carbonyl (C=O) groups excluding carboxylic acids is 3.